The highest BCUT2D eigenvalue weighted by atomic mass is 16.5. The molecule has 0 unspecified atom stereocenters. The molecule has 80 valence electrons. The van der Waals surface area contributed by atoms with Crippen LogP contribution in [0.3, 0.4) is 0 Å². The average Bonchev–Trinajstić information content (AvgIpc) is 2.25. The molecule has 1 N–H and O–H groups in total. The van der Waals surface area contributed by atoms with E-state index in [0.717, 1.165) is 26.1 Å². The van der Waals surface area contributed by atoms with E-state index in [1.807, 2.05) is 11.0 Å². The fourth-order valence-electron chi connectivity index (χ4n) is 1.35. The summed E-state index contributed by atoms with van der Waals surface area (Å²) in [6.07, 6.45) is 5.13. The highest BCUT2D eigenvalue weighted by molar-refractivity contribution is 5.78. The van der Waals surface area contributed by atoms with E-state index in [1.54, 1.807) is 7.11 Å². The number of ether oxygens (including phenoxy) is 1. The molecule has 1 aliphatic rings. The molecule has 0 radical (unpaired) electrons. The highest BCUT2D eigenvalue weighted by Crippen LogP contribution is 2.00. The van der Waals surface area contributed by atoms with Crippen LogP contribution in [0.2, 0.25) is 0 Å². The van der Waals surface area contributed by atoms with Crippen molar-refractivity contribution in [3.8, 4) is 0 Å². The zero-order valence-electron chi connectivity index (χ0n) is 8.66. The number of amides is 1. The number of hydrogen-bond donors (Lipinski definition) is 1. The van der Waals surface area contributed by atoms with Gasteiger partial charge in [0, 0.05) is 26.7 Å². The molecule has 1 rings (SSSR count). The van der Waals surface area contributed by atoms with Crippen molar-refractivity contribution >= 4 is 5.91 Å². The van der Waals surface area contributed by atoms with Gasteiger partial charge in [0.25, 0.3) is 0 Å². The maximum atomic E-state index is 11.5. The Morgan fingerprint density at radius 3 is 3.07 bits per heavy atom. The summed E-state index contributed by atoms with van der Waals surface area (Å²) < 4.78 is 4.87. The summed E-state index contributed by atoms with van der Waals surface area (Å²) in [7, 11) is 1.65. The molecular formula is C10H18N2O2. The van der Waals surface area contributed by atoms with Crippen molar-refractivity contribution in [1.29, 1.82) is 0 Å². The lowest BCUT2D eigenvalue weighted by Crippen LogP contribution is -2.40. The second-order valence-electron chi connectivity index (χ2n) is 3.27. The molecule has 0 fully saturated rings. The lowest BCUT2D eigenvalue weighted by molar-refractivity contribution is -0.129. The van der Waals surface area contributed by atoms with E-state index in [9.17, 15) is 4.79 Å². The Bertz CT molecular complexity index is 204. The van der Waals surface area contributed by atoms with Crippen LogP contribution in [0.1, 0.15) is 6.42 Å². The summed E-state index contributed by atoms with van der Waals surface area (Å²) >= 11 is 0. The first-order valence-electron chi connectivity index (χ1n) is 4.97. The first-order chi connectivity index (χ1) is 6.84. The second kappa shape index (κ2) is 6.56. The predicted octanol–water partition coefficient (Wildman–Crippen LogP) is 0.0109. The van der Waals surface area contributed by atoms with Gasteiger partial charge in [-0.3, -0.25) is 4.79 Å². The standard InChI is InChI=1S/C10H18N2O2/c1-14-8-5-11-9-10(13)12-6-3-2-4-7-12/h2-3,11H,4-9H2,1H3. The molecule has 0 saturated carbocycles. The van der Waals surface area contributed by atoms with Gasteiger partial charge in [0.15, 0.2) is 0 Å². The van der Waals surface area contributed by atoms with E-state index in [4.69, 9.17) is 4.74 Å². The van der Waals surface area contributed by atoms with Crippen molar-refractivity contribution in [3.05, 3.63) is 12.2 Å². The lowest BCUT2D eigenvalue weighted by Gasteiger charge is -2.23. The van der Waals surface area contributed by atoms with Gasteiger partial charge in [-0.1, -0.05) is 12.2 Å². The van der Waals surface area contributed by atoms with Crippen LogP contribution in [0.4, 0.5) is 0 Å². The topological polar surface area (TPSA) is 41.6 Å². The number of nitrogens with one attached hydrogen (secondary N) is 1. The van der Waals surface area contributed by atoms with Crippen molar-refractivity contribution in [2.24, 2.45) is 0 Å². The Morgan fingerprint density at radius 1 is 1.57 bits per heavy atom. The maximum Gasteiger partial charge on any atom is 0.236 e. The molecule has 0 aromatic carbocycles. The van der Waals surface area contributed by atoms with Crippen molar-refractivity contribution in [2.45, 2.75) is 6.42 Å². The summed E-state index contributed by atoms with van der Waals surface area (Å²) in [5.74, 6) is 0.172. The van der Waals surface area contributed by atoms with E-state index < -0.39 is 0 Å². The van der Waals surface area contributed by atoms with Gasteiger partial charge >= 0.3 is 0 Å². The van der Waals surface area contributed by atoms with Crippen molar-refractivity contribution in [3.63, 3.8) is 0 Å². The molecule has 1 aliphatic heterocycles. The Morgan fingerprint density at radius 2 is 2.43 bits per heavy atom. The zero-order valence-corrected chi connectivity index (χ0v) is 8.66. The van der Waals surface area contributed by atoms with Crippen LogP contribution < -0.4 is 5.32 Å². The molecule has 1 heterocycles. The Balaban J connectivity index is 2.11. The molecule has 0 atom stereocenters. The zero-order chi connectivity index (χ0) is 10.2. The molecule has 0 aliphatic carbocycles. The summed E-state index contributed by atoms with van der Waals surface area (Å²) in [6, 6.07) is 0. The summed E-state index contributed by atoms with van der Waals surface area (Å²) in [4.78, 5) is 13.4. The van der Waals surface area contributed by atoms with Gasteiger partial charge < -0.3 is 15.0 Å². The van der Waals surface area contributed by atoms with Gasteiger partial charge in [0.1, 0.15) is 0 Å². The van der Waals surface area contributed by atoms with Crippen molar-refractivity contribution in [1.82, 2.24) is 10.2 Å². The summed E-state index contributed by atoms with van der Waals surface area (Å²) in [6.45, 7) is 3.39. The highest BCUT2D eigenvalue weighted by Gasteiger charge is 2.12. The first kappa shape index (κ1) is 11.2. The smallest absolute Gasteiger partial charge is 0.236 e. The SMILES string of the molecule is COCCNCC(=O)N1CC=CCC1. The van der Waals surface area contributed by atoms with Gasteiger partial charge in [-0.05, 0) is 6.42 Å². The van der Waals surface area contributed by atoms with Crippen LogP contribution >= 0.6 is 0 Å². The molecule has 0 aromatic rings. The minimum atomic E-state index is 0.172. The largest absolute Gasteiger partial charge is 0.383 e. The fraction of sp³-hybridized carbons (Fsp3) is 0.700. The Hall–Kier alpha value is -0.870. The van der Waals surface area contributed by atoms with E-state index >= 15 is 0 Å². The van der Waals surface area contributed by atoms with Crippen LogP contribution in [-0.4, -0.2) is 50.7 Å². The molecular weight excluding hydrogens is 180 g/mol. The molecule has 0 saturated heterocycles. The van der Waals surface area contributed by atoms with Crippen molar-refractivity contribution < 1.29 is 9.53 Å². The fourth-order valence-corrected chi connectivity index (χ4v) is 1.35. The normalized spacial score (nSPS) is 15.9. The molecule has 1 amide bonds. The van der Waals surface area contributed by atoms with E-state index in [2.05, 4.69) is 11.4 Å². The lowest BCUT2D eigenvalue weighted by atomic mass is 10.2. The minimum absolute atomic E-state index is 0.172. The van der Waals surface area contributed by atoms with Crippen LogP contribution in [0.5, 0.6) is 0 Å². The number of rotatable bonds is 5. The first-order valence-corrected chi connectivity index (χ1v) is 4.97. The van der Waals surface area contributed by atoms with Crippen molar-refractivity contribution in [2.75, 3.05) is 39.9 Å². The maximum absolute atomic E-state index is 11.5. The Labute approximate surface area is 84.9 Å². The van der Waals surface area contributed by atoms with Gasteiger partial charge in [-0.15, -0.1) is 0 Å². The van der Waals surface area contributed by atoms with E-state index in [-0.39, 0.29) is 5.91 Å². The molecule has 4 nitrogen and oxygen atoms in total. The van der Waals surface area contributed by atoms with Gasteiger partial charge in [-0.2, -0.15) is 0 Å². The van der Waals surface area contributed by atoms with Gasteiger partial charge in [0.2, 0.25) is 5.91 Å². The number of nitrogens with zero attached hydrogens (tertiary/aromatic N) is 1. The number of methoxy groups -OCH3 is 1. The number of carbonyl (C=O) groups excluding carboxylic acids is 1. The number of carbonyl (C=O) groups is 1. The molecule has 4 heteroatoms. The molecule has 14 heavy (non-hydrogen) atoms. The van der Waals surface area contributed by atoms with Crippen LogP contribution in [0.15, 0.2) is 12.2 Å². The molecule has 0 bridgehead atoms. The van der Waals surface area contributed by atoms with E-state index in [0.29, 0.717) is 13.2 Å². The third-order valence-electron chi connectivity index (χ3n) is 2.17. The minimum Gasteiger partial charge on any atom is -0.383 e. The second-order valence-corrected chi connectivity index (χ2v) is 3.27. The summed E-state index contributed by atoms with van der Waals surface area (Å²) in [5.41, 5.74) is 0. The molecule has 0 spiro atoms. The molecule has 0 aromatic heterocycles. The average molecular weight is 198 g/mol. The third-order valence-corrected chi connectivity index (χ3v) is 2.17. The predicted molar refractivity (Wildman–Crippen MR) is 55.1 cm³/mol. The van der Waals surface area contributed by atoms with Crippen LogP contribution in [0, 0.1) is 0 Å². The van der Waals surface area contributed by atoms with Gasteiger partial charge in [0.05, 0.1) is 13.2 Å². The summed E-state index contributed by atoms with van der Waals surface area (Å²) in [5, 5.41) is 3.04. The van der Waals surface area contributed by atoms with Crippen LogP contribution in [-0.2, 0) is 9.53 Å². The Kier molecular flexibility index (Phi) is 5.25. The van der Waals surface area contributed by atoms with E-state index in [1.165, 1.54) is 0 Å². The van der Waals surface area contributed by atoms with Gasteiger partial charge in [-0.25, -0.2) is 0 Å². The quantitative estimate of drug-likeness (QED) is 0.500. The monoisotopic (exact) mass is 198 g/mol. The third kappa shape index (κ3) is 3.89. The van der Waals surface area contributed by atoms with Crippen LogP contribution in [0.25, 0.3) is 0 Å². The number of hydrogen-bond acceptors (Lipinski definition) is 3.